The molecule has 0 spiro atoms. The zero-order valence-corrected chi connectivity index (χ0v) is 9.12. The third-order valence-electron chi connectivity index (χ3n) is 2.20. The van der Waals surface area contributed by atoms with Crippen molar-refractivity contribution in [3.05, 3.63) is 29.0 Å². The molecule has 1 saturated carbocycles. The Morgan fingerprint density at radius 1 is 1.31 bits per heavy atom. The standard InChI is InChI=1S/C10H10ClN3O2/c11-8-3-1-2-7(12-8)10(16)14-13-9(15)6-4-5-6/h1-3,6H,4-5H2,(H,13,15)(H,14,16). The maximum atomic E-state index is 11.5. The summed E-state index contributed by atoms with van der Waals surface area (Å²) in [6, 6.07) is 4.71. The number of amides is 2. The van der Waals surface area contributed by atoms with Gasteiger partial charge in [0.05, 0.1) is 0 Å². The van der Waals surface area contributed by atoms with Crippen LogP contribution in [-0.4, -0.2) is 16.8 Å². The molecule has 0 radical (unpaired) electrons. The number of nitrogens with one attached hydrogen (secondary N) is 2. The molecule has 1 heterocycles. The van der Waals surface area contributed by atoms with Crippen LogP contribution in [0.3, 0.4) is 0 Å². The topological polar surface area (TPSA) is 71.1 Å². The lowest BCUT2D eigenvalue weighted by Gasteiger charge is -2.05. The molecule has 0 aliphatic heterocycles. The highest BCUT2D eigenvalue weighted by Gasteiger charge is 2.29. The summed E-state index contributed by atoms with van der Waals surface area (Å²) in [4.78, 5) is 26.5. The lowest BCUT2D eigenvalue weighted by atomic mass is 10.3. The van der Waals surface area contributed by atoms with E-state index in [2.05, 4.69) is 15.8 Å². The first-order chi connectivity index (χ1) is 7.66. The van der Waals surface area contributed by atoms with Gasteiger partial charge in [-0.25, -0.2) is 4.98 Å². The van der Waals surface area contributed by atoms with Crippen molar-refractivity contribution in [1.29, 1.82) is 0 Å². The van der Waals surface area contributed by atoms with E-state index in [1.807, 2.05) is 0 Å². The number of hydrogen-bond acceptors (Lipinski definition) is 3. The Hall–Kier alpha value is -1.62. The fourth-order valence-electron chi connectivity index (χ4n) is 1.16. The number of nitrogens with zero attached hydrogens (tertiary/aromatic N) is 1. The Morgan fingerprint density at radius 2 is 2.06 bits per heavy atom. The van der Waals surface area contributed by atoms with Gasteiger partial charge in [0.25, 0.3) is 5.91 Å². The Morgan fingerprint density at radius 3 is 2.69 bits per heavy atom. The molecule has 1 aliphatic carbocycles. The summed E-state index contributed by atoms with van der Waals surface area (Å²) in [6.45, 7) is 0. The normalized spacial score (nSPS) is 14.3. The molecule has 84 valence electrons. The number of aromatic nitrogens is 1. The molecule has 0 aromatic carbocycles. The number of carbonyl (C=O) groups excluding carboxylic acids is 2. The first kappa shape index (κ1) is 10.9. The number of carbonyl (C=O) groups is 2. The molecule has 2 rings (SSSR count). The minimum absolute atomic E-state index is 0.0487. The van der Waals surface area contributed by atoms with Crippen molar-refractivity contribution in [2.24, 2.45) is 5.92 Å². The number of halogens is 1. The Labute approximate surface area is 97.2 Å². The molecule has 5 nitrogen and oxygen atoms in total. The number of pyridine rings is 1. The molecule has 0 unspecified atom stereocenters. The maximum Gasteiger partial charge on any atom is 0.288 e. The van der Waals surface area contributed by atoms with Crippen LogP contribution in [0.25, 0.3) is 0 Å². The quantitative estimate of drug-likeness (QED) is 0.595. The van der Waals surface area contributed by atoms with E-state index in [-0.39, 0.29) is 22.7 Å². The Kier molecular flexibility index (Phi) is 3.05. The van der Waals surface area contributed by atoms with E-state index in [1.54, 1.807) is 12.1 Å². The molecule has 1 aliphatic rings. The van der Waals surface area contributed by atoms with Crippen LogP contribution in [0.1, 0.15) is 23.3 Å². The highest BCUT2D eigenvalue weighted by molar-refractivity contribution is 6.29. The van der Waals surface area contributed by atoms with Crippen molar-refractivity contribution in [2.75, 3.05) is 0 Å². The van der Waals surface area contributed by atoms with Crippen molar-refractivity contribution < 1.29 is 9.59 Å². The minimum Gasteiger partial charge on any atom is -0.273 e. The van der Waals surface area contributed by atoms with Crippen molar-refractivity contribution in [1.82, 2.24) is 15.8 Å². The van der Waals surface area contributed by atoms with Crippen LogP contribution in [0, 0.1) is 5.92 Å². The summed E-state index contributed by atoms with van der Waals surface area (Å²) in [5.74, 6) is -0.584. The fourth-order valence-corrected chi connectivity index (χ4v) is 1.33. The molecule has 0 saturated heterocycles. The molecule has 6 heteroatoms. The van der Waals surface area contributed by atoms with Gasteiger partial charge in [0.1, 0.15) is 10.8 Å². The van der Waals surface area contributed by atoms with Crippen LogP contribution in [0.4, 0.5) is 0 Å². The zero-order valence-electron chi connectivity index (χ0n) is 8.37. The van der Waals surface area contributed by atoms with E-state index in [9.17, 15) is 9.59 Å². The second-order valence-corrected chi connectivity index (χ2v) is 3.95. The van der Waals surface area contributed by atoms with Crippen LogP contribution < -0.4 is 10.9 Å². The summed E-state index contributed by atoms with van der Waals surface area (Å²) in [7, 11) is 0. The molecule has 0 bridgehead atoms. The van der Waals surface area contributed by atoms with E-state index in [1.165, 1.54) is 6.07 Å². The molecular weight excluding hydrogens is 230 g/mol. The molecule has 1 fully saturated rings. The number of hydrogen-bond donors (Lipinski definition) is 2. The average molecular weight is 240 g/mol. The summed E-state index contributed by atoms with van der Waals surface area (Å²) in [5, 5.41) is 0.237. The average Bonchev–Trinajstić information content (AvgIpc) is 3.09. The Bertz CT molecular complexity index is 432. The molecule has 16 heavy (non-hydrogen) atoms. The van der Waals surface area contributed by atoms with Gasteiger partial charge in [0, 0.05) is 5.92 Å². The van der Waals surface area contributed by atoms with Crippen LogP contribution >= 0.6 is 11.6 Å². The predicted octanol–water partition coefficient (Wildman–Crippen LogP) is 0.906. The van der Waals surface area contributed by atoms with E-state index < -0.39 is 5.91 Å². The largest absolute Gasteiger partial charge is 0.288 e. The van der Waals surface area contributed by atoms with Gasteiger partial charge in [0.2, 0.25) is 5.91 Å². The molecule has 0 atom stereocenters. The minimum atomic E-state index is -0.475. The SMILES string of the molecule is O=C(NNC(=O)C1CC1)c1cccc(Cl)n1. The highest BCUT2D eigenvalue weighted by Crippen LogP contribution is 2.28. The highest BCUT2D eigenvalue weighted by atomic mass is 35.5. The van der Waals surface area contributed by atoms with Crippen LogP contribution in [-0.2, 0) is 4.79 Å². The van der Waals surface area contributed by atoms with Gasteiger partial charge in [-0.1, -0.05) is 17.7 Å². The van der Waals surface area contributed by atoms with Crippen molar-refractivity contribution in [3.8, 4) is 0 Å². The van der Waals surface area contributed by atoms with E-state index >= 15 is 0 Å². The summed E-state index contributed by atoms with van der Waals surface area (Å²) < 4.78 is 0. The summed E-state index contributed by atoms with van der Waals surface area (Å²) in [5.41, 5.74) is 4.80. The van der Waals surface area contributed by atoms with E-state index in [4.69, 9.17) is 11.6 Å². The molecule has 1 aromatic rings. The van der Waals surface area contributed by atoms with Gasteiger partial charge in [-0.3, -0.25) is 20.4 Å². The number of hydrazine groups is 1. The number of rotatable bonds is 2. The van der Waals surface area contributed by atoms with Crippen LogP contribution in [0.15, 0.2) is 18.2 Å². The predicted molar refractivity (Wildman–Crippen MR) is 57.6 cm³/mol. The zero-order chi connectivity index (χ0) is 11.5. The van der Waals surface area contributed by atoms with Gasteiger partial charge < -0.3 is 0 Å². The van der Waals surface area contributed by atoms with Gasteiger partial charge in [-0.15, -0.1) is 0 Å². The van der Waals surface area contributed by atoms with Crippen molar-refractivity contribution in [2.45, 2.75) is 12.8 Å². The second-order valence-electron chi connectivity index (χ2n) is 3.56. The second kappa shape index (κ2) is 4.49. The molecule has 2 N–H and O–H groups in total. The van der Waals surface area contributed by atoms with Crippen molar-refractivity contribution >= 4 is 23.4 Å². The smallest absolute Gasteiger partial charge is 0.273 e. The Balaban J connectivity index is 1.89. The molecule has 2 amide bonds. The van der Waals surface area contributed by atoms with Crippen LogP contribution in [0.2, 0.25) is 5.15 Å². The van der Waals surface area contributed by atoms with E-state index in [0.29, 0.717) is 0 Å². The summed E-state index contributed by atoms with van der Waals surface area (Å²) >= 11 is 5.63. The van der Waals surface area contributed by atoms with Crippen molar-refractivity contribution in [3.63, 3.8) is 0 Å². The monoisotopic (exact) mass is 239 g/mol. The lowest BCUT2D eigenvalue weighted by molar-refractivity contribution is -0.123. The summed E-state index contributed by atoms with van der Waals surface area (Å²) in [6.07, 6.45) is 1.77. The molecular formula is C10H10ClN3O2. The third kappa shape index (κ3) is 2.70. The first-order valence-corrected chi connectivity index (χ1v) is 5.27. The third-order valence-corrected chi connectivity index (χ3v) is 2.41. The van der Waals surface area contributed by atoms with Gasteiger partial charge >= 0.3 is 0 Å². The van der Waals surface area contributed by atoms with Gasteiger partial charge in [-0.2, -0.15) is 0 Å². The van der Waals surface area contributed by atoms with E-state index in [0.717, 1.165) is 12.8 Å². The lowest BCUT2D eigenvalue weighted by Crippen LogP contribution is -2.42. The fraction of sp³-hybridized carbons (Fsp3) is 0.300. The maximum absolute atomic E-state index is 11.5. The molecule has 1 aromatic heterocycles. The van der Waals surface area contributed by atoms with Crippen LogP contribution in [0.5, 0.6) is 0 Å². The van der Waals surface area contributed by atoms with Gasteiger partial charge in [-0.05, 0) is 25.0 Å². The first-order valence-electron chi connectivity index (χ1n) is 4.89. The van der Waals surface area contributed by atoms with Gasteiger partial charge in [0.15, 0.2) is 0 Å².